The highest BCUT2D eigenvalue weighted by molar-refractivity contribution is 5.95. The van der Waals surface area contributed by atoms with Crippen LogP contribution in [0.1, 0.15) is 40.8 Å². The predicted molar refractivity (Wildman–Crippen MR) is 104 cm³/mol. The quantitative estimate of drug-likeness (QED) is 0.817. The summed E-state index contributed by atoms with van der Waals surface area (Å²) in [4.78, 5) is 14.8. The van der Waals surface area contributed by atoms with E-state index in [0.29, 0.717) is 36.2 Å². The molecule has 0 radical (unpaired) electrons. The van der Waals surface area contributed by atoms with Gasteiger partial charge >= 0.3 is 0 Å². The standard InChI is InChI=1S/C19H23N5O3.ClH/c25-19(14-1-2-15-16(11-14)27-10-9-26-15)23-6-3-13(4-7-23)18-22-21-17-12-20-5-8-24(17)18;/h1-2,11,13,20H,3-10,12H2;1H. The van der Waals surface area contributed by atoms with Crippen LogP contribution in [-0.2, 0) is 13.1 Å². The number of piperidine rings is 1. The molecular weight excluding hydrogens is 382 g/mol. The number of fused-ring (bicyclic) bond motifs is 2. The van der Waals surface area contributed by atoms with E-state index in [9.17, 15) is 4.79 Å². The van der Waals surface area contributed by atoms with Gasteiger partial charge in [-0.05, 0) is 31.0 Å². The number of halogens is 1. The SMILES string of the molecule is Cl.O=C(c1ccc2c(c1)OCCO2)N1CCC(c2nnc3n2CCNC3)CC1. The zero-order valence-corrected chi connectivity index (χ0v) is 16.4. The lowest BCUT2D eigenvalue weighted by Gasteiger charge is -2.32. The maximum absolute atomic E-state index is 12.9. The summed E-state index contributed by atoms with van der Waals surface area (Å²) in [5.41, 5.74) is 0.656. The van der Waals surface area contributed by atoms with E-state index >= 15 is 0 Å². The van der Waals surface area contributed by atoms with Gasteiger partial charge in [-0.25, -0.2) is 0 Å². The minimum absolute atomic E-state index is 0. The lowest BCUT2D eigenvalue weighted by Crippen LogP contribution is -2.39. The first-order chi connectivity index (χ1) is 13.3. The fourth-order valence-corrected chi connectivity index (χ4v) is 4.12. The smallest absolute Gasteiger partial charge is 0.253 e. The third kappa shape index (κ3) is 3.42. The number of nitrogens with one attached hydrogen (secondary N) is 1. The molecule has 0 aliphatic carbocycles. The molecule has 0 saturated carbocycles. The Labute approximate surface area is 169 Å². The first kappa shape index (κ1) is 19.0. The summed E-state index contributed by atoms with van der Waals surface area (Å²) in [5, 5.41) is 12.1. The topological polar surface area (TPSA) is 81.5 Å². The van der Waals surface area contributed by atoms with Crippen LogP contribution in [0.25, 0.3) is 0 Å². The Kier molecular flexibility index (Phi) is 5.41. The highest BCUT2D eigenvalue weighted by Gasteiger charge is 2.29. The zero-order valence-electron chi connectivity index (χ0n) is 15.6. The second-order valence-corrected chi connectivity index (χ2v) is 7.23. The second kappa shape index (κ2) is 7.97. The number of aromatic nitrogens is 3. The van der Waals surface area contributed by atoms with Crippen molar-refractivity contribution in [3.05, 3.63) is 35.4 Å². The Morgan fingerprint density at radius 3 is 2.68 bits per heavy atom. The van der Waals surface area contributed by atoms with Crippen LogP contribution < -0.4 is 14.8 Å². The molecule has 1 aromatic carbocycles. The lowest BCUT2D eigenvalue weighted by molar-refractivity contribution is 0.0709. The Hall–Kier alpha value is -2.32. The highest BCUT2D eigenvalue weighted by Crippen LogP contribution is 2.32. The van der Waals surface area contributed by atoms with Gasteiger partial charge in [0.15, 0.2) is 11.5 Å². The van der Waals surface area contributed by atoms with Gasteiger partial charge in [0, 0.05) is 37.7 Å². The number of hydrogen-bond donors (Lipinski definition) is 1. The number of nitrogens with zero attached hydrogens (tertiary/aromatic N) is 4. The first-order valence-corrected chi connectivity index (χ1v) is 9.61. The van der Waals surface area contributed by atoms with Gasteiger partial charge in [0.2, 0.25) is 0 Å². The molecule has 2 aromatic rings. The van der Waals surface area contributed by atoms with Crippen LogP contribution in [0, 0.1) is 0 Å². The third-order valence-corrected chi connectivity index (χ3v) is 5.59. The highest BCUT2D eigenvalue weighted by atomic mass is 35.5. The van der Waals surface area contributed by atoms with Crippen molar-refractivity contribution in [1.29, 1.82) is 0 Å². The van der Waals surface area contributed by atoms with E-state index in [1.165, 1.54) is 0 Å². The molecule has 1 amide bonds. The molecule has 9 heteroatoms. The molecule has 0 spiro atoms. The molecule has 1 N–H and O–H groups in total. The molecule has 4 heterocycles. The third-order valence-electron chi connectivity index (χ3n) is 5.59. The number of carbonyl (C=O) groups excluding carboxylic acids is 1. The van der Waals surface area contributed by atoms with Crippen molar-refractivity contribution in [2.45, 2.75) is 31.8 Å². The minimum Gasteiger partial charge on any atom is -0.486 e. The summed E-state index contributed by atoms with van der Waals surface area (Å²) in [6.45, 7) is 5.21. The molecule has 8 nitrogen and oxygen atoms in total. The van der Waals surface area contributed by atoms with Crippen molar-refractivity contribution >= 4 is 18.3 Å². The van der Waals surface area contributed by atoms with Crippen LogP contribution in [0.3, 0.4) is 0 Å². The van der Waals surface area contributed by atoms with Crippen LogP contribution in [0.5, 0.6) is 11.5 Å². The summed E-state index contributed by atoms with van der Waals surface area (Å²) in [7, 11) is 0. The van der Waals surface area contributed by atoms with Crippen LogP contribution in [0.4, 0.5) is 0 Å². The van der Waals surface area contributed by atoms with Gasteiger partial charge in [-0.1, -0.05) is 0 Å². The molecule has 0 atom stereocenters. The first-order valence-electron chi connectivity index (χ1n) is 9.61. The number of benzene rings is 1. The minimum atomic E-state index is 0. The number of hydrogen-bond acceptors (Lipinski definition) is 6. The summed E-state index contributed by atoms with van der Waals surface area (Å²) < 4.78 is 13.4. The van der Waals surface area contributed by atoms with E-state index < -0.39 is 0 Å². The second-order valence-electron chi connectivity index (χ2n) is 7.23. The number of likely N-dealkylation sites (tertiary alicyclic amines) is 1. The van der Waals surface area contributed by atoms with Gasteiger partial charge in [0.25, 0.3) is 5.91 Å². The zero-order chi connectivity index (χ0) is 18.2. The van der Waals surface area contributed by atoms with Crippen LogP contribution in [0.2, 0.25) is 0 Å². The predicted octanol–water partition coefficient (Wildman–Crippen LogP) is 1.59. The van der Waals surface area contributed by atoms with Crippen molar-refractivity contribution in [2.75, 3.05) is 32.8 Å². The van der Waals surface area contributed by atoms with Gasteiger partial charge in [-0.2, -0.15) is 0 Å². The maximum atomic E-state index is 12.9. The fraction of sp³-hybridized carbons (Fsp3) is 0.526. The molecule has 1 saturated heterocycles. The average molecular weight is 406 g/mol. The van der Waals surface area contributed by atoms with E-state index in [-0.39, 0.29) is 18.3 Å². The number of amides is 1. The molecule has 28 heavy (non-hydrogen) atoms. The van der Waals surface area contributed by atoms with Crippen molar-refractivity contribution in [1.82, 2.24) is 25.0 Å². The molecule has 0 unspecified atom stereocenters. The normalized spacial score (nSPS) is 18.9. The fourth-order valence-electron chi connectivity index (χ4n) is 4.12. The van der Waals surface area contributed by atoms with E-state index in [4.69, 9.17) is 9.47 Å². The monoisotopic (exact) mass is 405 g/mol. The lowest BCUT2D eigenvalue weighted by atomic mass is 9.95. The molecule has 3 aliphatic heterocycles. The Balaban J connectivity index is 0.00000192. The maximum Gasteiger partial charge on any atom is 0.253 e. The average Bonchev–Trinajstić information content (AvgIpc) is 3.17. The largest absolute Gasteiger partial charge is 0.486 e. The van der Waals surface area contributed by atoms with E-state index in [2.05, 4.69) is 20.1 Å². The summed E-state index contributed by atoms with van der Waals surface area (Å²) in [6, 6.07) is 5.44. The van der Waals surface area contributed by atoms with Crippen LogP contribution >= 0.6 is 12.4 Å². The molecule has 1 aromatic heterocycles. The summed E-state index contributed by atoms with van der Waals surface area (Å²) in [6.07, 6.45) is 1.84. The van der Waals surface area contributed by atoms with E-state index in [1.807, 2.05) is 17.0 Å². The molecule has 1 fully saturated rings. The van der Waals surface area contributed by atoms with Crippen molar-refractivity contribution in [2.24, 2.45) is 0 Å². The van der Waals surface area contributed by atoms with Crippen molar-refractivity contribution in [3.63, 3.8) is 0 Å². The van der Waals surface area contributed by atoms with Gasteiger partial charge < -0.3 is 24.3 Å². The van der Waals surface area contributed by atoms with Crippen molar-refractivity contribution < 1.29 is 14.3 Å². The van der Waals surface area contributed by atoms with Crippen molar-refractivity contribution in [3.8, 4) is 11.5 Å². The van der Waals surface area contributed by atoms with Crippen LogP contribution in [-0.4, -0.2) is 58.4 Å². The van der Waals surface area contributed by atoms with Gasteiger partial charge in [0.05, 0.1) is 6.54 Å². The molecular formula is C19H24ClN5O3. The number of rotatable bonds is 2. The molecule has 0 bridgehead atoms. The molecule has 3 aliphatic rings. The number of carbonyl (C=O) groups is 1. The van der Waals surface area contributed by atoms with E-state index in [0.717, 1.165) is 57.2 Å². The van der Waals surface area contributed by atoms with Gasteiger partial charge in [0.1, 0.15) is 24.9 Å². The summed E-state index contributed by atoms with van der Waals surface area (Å²) in [5.74, 6) is 3.89. The Morgan fingerprint density at radius 1 is 1.07 bits per heavy atom. The molecule has 5 rings (SSSR count). The van der Waals surface area contributed by atoms with Gasteiger partial charge in [-0.3, -0.25) is 4.79 Å². The Morgan fingerprint density at radius 2 is 1.86 bits per heavy atom. The molecule has 150 valence electrons. The van der Waals surface area contributed by atoms with Crippen LogP contribution in [0.15, 0.2) is 18.2 Å². The number of ether oxygens (including phenoxy) is 2. The van der Waals surface area contributed by atoms with E-state index in [1.54, 1.807) is 6.07 Å². The summed E-state index contributed by atoms with van der Waals surface area (Å²) >= 11 is 0. The Bertz CT molecular complexity index is 863. The van der Waals surface area contributed by atoms with Gasteiger partial charge in [-0.15, -0.1) is 22.6 Å².